The third-order valence-corrected chi connectivity index (χ3v) is 4.36. The normalized spacial score (nSPS) is 15.9. The summed E-state index contributed by atoms with van der Waals surface area (Å²) in [5, 5.41) is 0.822. The second-order valence-corrected chi connectivity index (χ2v) is 6.00. The fourth-order valence-corrected chi connectivity index (χ4v) is 3.13. The lowest BCUT2D eigenvalue weighted by Crippen LogP contribution is -2.36. The zero-order valence-corrected chi connectivity index (χ0v) is 13.4. The van der Waals surface area contributed by atoms with Crippen molar-refractivity contribution in [2.75, 3.05) is 26.3 Å². The summed E-state index contributed by atoms with van der Waals surface area (Å²) in [7, 11) is 0. The van der Waals surface area contributed by atoms with Crippen LogP contribution < -0.4 is 0 Å². The van der Waals surface area contributed by atoms with Gasteiger partial charge in [0.15, 0.2) is 0 Å². The lowest BCUT2D eigenvalue weighted by Gasteiger charge is -2.26. The highest BCUT2D eigenvalue weighted by Gasteiger charge is 2.14. The summed E-state index contributed by atoms with van der Waals surface area (Å²) in [5.74, 6) is 0.741. The molecule has 0 unspecified atom stereocenters. The van der Waals surface area contributed by atoms with Crippen molar-refractivity contribution in [1.29, 1.82) is 0 Å². The number of halogens is 1. The van der Waals surface area contributed by atoms with Crippen molar-refractivity contribution < 1.29 is 9.13 Å². The number of fused-ring (bicyclic) bond motifs is 1. The fraction of sp³-hybridized carbons (Fsp3) is 0.333. The summed E-state index contributed by atoms with van der Waals surface area (Å²) in [4.78, 5) is 11.2. The molecule has 4 rings (SSSR count). The number of nitrogens with zero attached hydrogens (tertiary/aromatic N) is 4. The molecule has 1 aliphatic heterocycles. The first-order chi connectivity index (χ1) is 11.8. The number of rotatable bonds is 4. The molecule has 3 aromatic rings. The van der Waals surface area contributed by atoms with Gasteiger partial charge in [0.1, 0.15) is 11.6 Å². The average molecular weight is 326 g/mol. The molecular weight excluding hydrogens is 307 g/mol. The Kier molecular flexibility index (Phi) is 4.23. The van der Waals surface area contributed by atoms with Crippen molar-refractivity contribution in [2.24, 2.45) is 0 Å². The first-order valence-corrected chi connectivity index (χ1v) is 8.13. The summed E-state index contributed by atoms with van der Waals surface area (Å²) >= 11 is 0. The number of hydrogen-bond acceptors (Lipinski definition) is 4. The number of imidazole rings is 1. The average Bonchev–Trinajstić information content (AvgIpc) is 3.02. The molecule has 0 aliphatic carbocycles. The maximum atomic E-state index is 13.9. The first kappa shape index (κ1) is 15.2. The molecule has 1 aromatic carbocycles. The minimum atomic E-state index is -0.236. The van der Waals surface area contributed by atoms with Crippen LogP contribution in [0.15, 0.2) is 42.9 Å². The second-order valence-electron chi connectivity index (χ2n) is 6.00. The topological polar surface area (TPSA) is 43.2 Å². The van der Waals surface area contributed by atoms with E-state index in [9.17, 15) is 4.39 Å². The number of pyridine rings is 1. The fourth-order valence-electron chi connectivity index (χ4n) is 3.13. The smallest absolute Gasteiger partial charge is 0.124 e. The highest BCUT2D eigenvalue weighted by Crippen LogP contribution is 2.20. The molecule has 1 fully saturated rings. The van der Waals surface area contributed by atoms with Crippen molar-refractivity contribution in [3.05, 3.63) is 60.1 Å². The largest absolute Gasteiger partial charge is 0.379 e. The van der Waals surface area contributed by atoms with Gasteiger partial charge in [-0.15, -0.1) is 0 Å². The Morgan fingerprint density at radius 1 is 1.08 bits per heavy atom. The van der Waals surface area contributed by atoms with E-state index in [2.05, 4.69) is 19.4 Å². The van der Waals surface area contributed by atoms with Gasteiger partial charge in [-0.3, -0.25) is 9.88 Å². The van der Waals surface area contributed by atoms with Crippen LogP contribution in [0.5, 0.6) is 0 Å². The quantitative estimate of drug-likeness (QED) is 0.739. The van der Waals surface area contributed by atoms with E-state index in [0.29, 0.717) is 6.54 Å². The Balaban J connectivity index is 1.61. The summed E-state index contributed by atoms with van der Waals surface area (Å²) < 4.78 is 21.4. The minimum absolute atomic E-state index is 0.236. The monoisotopic (exact) mass is 326 g/mol. The molecule has 0 N–H and O–H groups in total. The third-order valence-electron chi connectivity index (χ3n) is 4.36. The van der Waals surface area contributed by atoms with Crippen molar-refractivity contribution in [1.82, 2.24) is 19.4 Å². The molecule has 0 spiro atoms. The Bertz CT molecular complexity index is 842. The number of morpholine rings is 1. The van der Waals surface area contributed by atoms with E-state index in [-0.39, 0.29) is 5.82 Å². The summed E-state index contributed by atoms with van der Waals surface area (Å²) in [6, 6.07) is 6.80. The van der Waals surface area contributed by atoms with Gasteiger partial charge in [0.05, 0.1) is 31.8 Å². The van der Waals surface area contributed by atoms with Gasteiger partial charge in [0.25, 0.3) is 0 Å². The SMILES string of the molecule is Fc1cc(Cn2ccnc2CN2CCOCC2)c2ncccc2c1. The summed E-state index contributed by atoms with van der Waals surface area (Å²) in [6.45, 7) is 4.69. The molecule has 24 heavy (non-hydrogen) atoms. The molecule has 0 amide bonds. The molecule has 1 saturated heterocycles. The van der Waals surface area contributed by atoms with Gasteiger partial charge in [-0.1, -0.05) is 6.07 Å². The summed E-state index contributed by atoms with van der Waals surface area (Å²) in [6.07, 6.45) is 5.48. The minimum Gasteiger partial charge on any atom is -0.379 e. The van der Waals surface area contributed by atoms with Gasteiger partial charge < -0.3 is 9.30 Å². The Hall–Kier alpha value is -2.31. The highest BCUT2D eigenvalue weighted by atomic mass is 19.1. The predicted octanol–water partition coefficient (Wildman–Crippen LogP) is 2.45. The second kappa shape index (κ2) is 6.67. The molecule has 124 valence electrons. The van der Waals surface area contributed by atoms with E-state index in [1.165, 1.54) is 6.07 Å². The molecular formula is C18H19FN4O. The zero-order valence-electron chi connectivity index (χ0n) is 13.4. The Labute approximate surface area is 139 Å². The Morgan fingerprint density at radius 3 is 2.83 bits per heavy atom. The van der Waals surface area contributed by atoms with Gasteiger partial charge in [-0.2, -0.15) is 0 Å². The molecule has 1 aliphatic rings. The van der Waals surface area contributed by atoms with Gasteiger partial charge in [-0.25, -0.2) is 9.37 Å². The van der Waals surface area contributed by atoms with Crippen LogP contribution in [0.2, 0.25) is 0 Å². The van der Waals surface area contributed by atoms with Crippen molar-refractivity contribution in [3.63, 3.8) is 0 Å². The van der Waals surface area contributed by atoms with Gasteiger partial charge in [-0.05, 0) is 18.2 Å². The van der Waals surface area contributed by atoms with E-state index in [4.69, 9.17) is 4.74 Å². The van der Waals surface area contributed by atoms with Crippen LogP contribution in [-0.2, 0) is 17.8 Å². The van der Waals surface area contributed by atoms with Crippen LogP contribution in [0, 0.1) is 5.82 Å². The number of benzene rings is 1. The predicted molar refractivity (Wildman–Crippen MR) is 89.1 cm³/mol. The van der Waals surface area contributed by atoms with Gasteiger partial charge >= 0.3 is 0 Å². The lowest BCUT2D eigenvalue weighted by molar-refractivity contribution is 0.0326. The molecule has 2 aromatic heterocycles. The molecule has 0 bridgehead atoms. The third kappa shape index (κ3) is 3.16. The van der Waals surface area contributed by atoms with Crippen LogP contribution >= 0.6 is 0 Å². The number of aromatic nitrogens is 3. The molecule has 0 radical (unpaired) electrons. The standard InChI is InChI=1S/C18H19FN4O/c19-16-10-14-2-1-3-21-18(14)15(11-16)12-23-5-4-20-17(23)13-22-6-8-24-9-7-22/h1-5,10-11H,6-9,12-13H2. The van der Waals surface area contributed by atoms with E-state index in [1.807, 2.05) is 18.3 Å². The summed E-state index contributed by atoms with van der Waals surface area (Å²) in [5.41, 5.74) is 1.71. The van der Waals surface area contributed by atoms with Crippen molar-refractivity contribution in [2.45, 2.75) is 13.1 Å². The molecule has 3 heterocycles. The van der Waals surface area contributed by atoms with Gasteiger partial charge in [0.2, 0.25) is 0 Å². The zero-order chi connectivity index (χ0) is 16.4. The maximum Gasteiger partial charge on any atom is 0.124 e. The molecule has 5 nitrogen and oxygen atoms in total. The number of hydrogen-bond donors (Lipinski definition) is 0. The van der Waals surface area contributed by atoms with Crippen LogP contribution in [-0.4, -0.2) is 45.7 Å². The maximum absolute atomic E-state index is 13.9. The van der Waals surface area contributed by atoms with Crippen LogP contribution in [0.3, 0.4) is 0 Å². The van der Waals surface area contributed by atoms with E-state index in [0.717, 1.165) is 55.1 Å². The lowest BCUT2D eigenvalue weighted by atomic mass is 10.1. The van der Waals surface area contributed by atoms with Crippen LogP contribution in [0.4, 0.5) is 4.39 Å². The van der Waals surface area contributed by atoms with E-state index < -0.39 is 0 Å². The van der Waals surface area contributed by atoms with Crippen LogP contribution in [0.1, 0.15) is 11.4 Å². The van der Waals surface area contributed by atoms with Crippen molar-refractivity contribution in [3.8, 4) is 0 Å². The molecule has 0 saturated carbocycles. The van der Waals surface area contributed by atoms with Gasteiger partial charge in [0, 0.05) is 42.6 Å². The molecule has 6 heteroatoms. The Morgan fingerprint density at radius 2 is 1.96 bits per heavy atom. The van der Waals surface area contributed by atoms with E-state index in [1.54, 1.807) is 18.5 Å². The highest BCUT2D eigenvalue weighted by molar-refractivity contribution is 5.81. The van der Waals surface area contributed by atoms with E-state index >= 15 is 0 Å². The number of ether oxygens (including phenoxy) is 1. The van der Waals surface area contributed by atoms with Crippen LogP contribution in [0.25, 0.3) is 10.9 Å². The first-order valence-electron chi connectivity index (χ1n) is 8.13. The van der Waals surface area contributed by atoms with Crippen molar-refractivity contribution >= 4 is 10.9 Å². The molecule has 0 atom stereocenters.